The van der Waals surface area contributed by atoms with E-state index in [0.717, 1.165) is 57.5 Å². The van der Waals surface area contributed by atoms with Gasteiger partial charge in [-0.25, -0.2) is 0 Å². The van der Waals surface area contributed by atoms with E-state index >= 15 is 0 Å². The minimum Gasteiger partial charge on any atom is -0.493 e. The van der Waals surface area contributed by atoms with Gasteiger partial charge in [-0.3, -0.25) is 9.59 Å². The van der Waals surface area contributed by atoms with Crippen molar-refractivity contribution in [2.75, 3.05) is 20.3 Å². The van der Waals surface area contributed by atoms with E-state index in [9.17, 15) is 9.59 Å². The highest BCUT2D eigenvalue weighted by atomic mass is 127. The maximum absolute atomic E-state index is 14.1. The monoisotopic (exact) mass is 665 g/mol. The minimum absolute atomic E-state index is 0.135. The highest BCUT2D eigenvalue weighted by molar-refractivity contribution is 14.1. The molecule has 2 aromatic carbocycles. The summed E-state index contributed by atoms with van der Waals surface area (Å²) in [5.41, 5.74) is 5.55. The van der Waals surface area contributed by atoms with Gasteiger partial charge in [0.1, 0.15) is 6.61 Å². The number of hydrogen-bond donors (Lipinski definition) is 0. The van der Waals surface area contributed by atoms with Crippen LogP contribution < -0.4 is 9.47 Å². The number of hydrogen-bond acceptors (Lipinski definition) is 5. The van der Waals surface area contributed by atoms with Crippen LogP contribution in [0.4, 0.5) is 0 Å². The third-order valence-electron chi connectivity index (χ3n) is 8.42. The molecule has 41 heavy (non-hydrogen) atoms. The normalized spacial score (nSPS) is 20.1. The van der Waals surface area contributed by atoms with Crippen LogP contribution in [0.25, 0.3) is 0 Å². The van der Waals surface area contributed by atoms with Crippen molar-refractivity contribution in [2.45, 2.75) is 65.7 Å². The van der Waals surface area contributed by atoms with Gasteiger partial charge in [-0.05, 0) is 75.9 Å². The minimum atomic E-state index is -0.420. The van der Waals surface area contributed by atoms with Gasteiger partial charge in [0.15, 0.2) is 23.1 Å². The molecule has 0 amide bonds. The molecule has 5 rings (SSSR count). The largest absolute Gasteiger partial charge is 0.493 e. The van der Waals surface area contributed by atoms with Gasteiger partial charge in [0, 0.05) is 47.8 Å². The molecule has 0 saturated heterocycles. The number of halogens is 1. The molecule has 2 aromatic rings. The lowest BCUT2D eigenvalue weighted by Gasteiger charge is -2.49. The van der Waals surface area contributed by atoms with Crippen LogP contribution in [0, 0.1) is 14.4 Å². The summed E-state index contributed by atoms with van der Waals surface area (Å²) >= 11 is 2.26. The number of carbonyl (C=O) groups is 2. The molecule has 6 heteroatoms. The fourth-order valence-electron chi connectivity index (χ4n) is 6.73. The molecule has 2 aliphatic carbocycles. The van der Waals surface area contributed by atoms with Crippen LogP contribution >= 0.6 is 22.6 Å². The van der Waals surface area contributed by atoms with Crippen molar-refractivity contribution in [3.8, 4) is 11.5 Å². The Balaban J connectivity index is 1.71. The summed E-state index contributed by atoms with van der Waals surface area (Å²) in [5.74, 6) is 1.09. The summed E-state index contributed by atoms with van der Waals surface area (Å²) in [6, 6.07) is 14.5. The van der Waals surface area contributed by atoms with E-state index < -0.39 is 5.92 Å². The molecule has 0 spiro atoms. The Morgan fingerprint density at radius 1 is 0.951 bits per heavy atom. The van der Waals surface area contributed by atoms with Crippen LogP contribution in [0.1, 0.15) is 70.4 Å². The molecular weight excluding hydrogens is 625 g/mol. The lowest BCUT2D eigenvalue weighted by molar-refractivity contribution is -0.119. The summed E-state index contributed by atoms with van der Waals surface area (Å²) in [7, 11) is 1.63. The first-order valence-corrected chi connectivity index (χ1v) is 15.5. The lowest BCUT2D eigenvalue weighted by atomic mass is 9.63. The van der Waals surface area contributed by atoms with Gasteiger partial charge in [0.25, 0.3) is 0 Å². The van der Waals surface area contributed by atoms with Crippen molar-refractivity contribution in [3.63, 3.8) is 0 Å². The molecule has 0 saturated carbocycles. The van der Waals surface area contributed by atoms with Crippen molar-refractivity contribution in [1.29, 1.82) is 0 Å². The smallest absolute Gasteiger partial charge is 0.174 e. The van der Waals surface area contributed by atoms with Crippen molar-refractivity contribution >= 4 is 34.2 Å². The lowest BCUT2D eigenvalue weighted by Crippen LogP contribution is -2.45. The molecule has 0 atom stereocenters. The van der Waals surface area contributed by atoms with Gasteiger partial charge in [0.05, 0.1) is 10.7 Å². The fraction of sp³-hybridized carbons (Fsp3) is 0.429. The van der Waals surface area contributed by atoms with Gasteiger partial charge in [-0.15, -0.1) is 0 Å². The molecule has 216 valence electrons. The SMILES string of the molecule is C=CCOc1c(I)cc(C2C3=C(CC(C)(C)CC3=O)N(CCc3ccccc3)C3=C2C(=O)CC(C)(C)C3)cc1OC. The molecule has 0 unspecified atom stereocenters. The quantitative estimate of drug-likeness (QED) is 0.213. The number of nitrogens with zero attached hydrogens (tertiary/aromatic N) is 1. The predicted molar refractivity (Wildman–Crippen MR) is 171 cm³/mol. The standard InChI is InChI=1S/C35H40INO4/c1-7-15-41-33-24(36)16-23(17-29(33)40-6)30-31-25(18-34(2,3)20-27(31)38)37(14-13-22-11-9-8-10-12-22)26-19-35(4,5)21-28(39)32(26)30/h7-12,16-17,30H,1,13-15,18-21H2,2-6H3. The number of rotatable bonds is 8. The predicted octanol–water partition coefficient (Wildman–Crippen LogP) is 7.79. The molecule has 0 aromatic heterocycles. The fourth-order valence-corrected chi connectivity index (χ4v) is 7.51. The second-order valence-electron chi connectivity index (χ2n) is 13.1. The first-order valence-electron chi connectivity index (χ1n) is 14.4. The Hall–Kier alpha value is -2.87. The summed E-state index contributed by atoms with van der Waals surface area (Å²) in [4.78, 5) is 30.6. The third-order valence-corrected chi connectivity index (χ3v) is 9.22. The van der Waals surface area contributed by atoms with Gasteiger partial charge in [-0.1, -0.05) is 70.7 Å². The van der Waals surface area contributed by atoms with E-state index in [-0.39, 0.29) is 22.4 Å². The topological polar surface area (TPSA) is 55.8 Å². The third kappa shape index (κ3) is 5.90. The zero-order valence-electron chi connectivity index (χ0n) is 24.8. The Bertz CT molecular complexity index is 1400. The molecule has 3 aliphatic rings. The Morgan fingerprint density at radius 3 is 2.07 bits per heavy atom. The van der Waals surface area contributed by atoms with Crippen LogP contribution in [0.15, 0.2) is 77.7 Å². The molecule has 0 bridgehead atoms. The van der Waals surface area contributed by atoms with Crippen molar-refractivity contribution in [3.05, 3.63) is 92.4 Å². The average Bonchev–Trinajstić information content (AvgIpc) is 2.89. The second-order valence-corrected chi connectivity index (χ2v) is 14.2. The van der Waals surface area contributed by atoms with Gasteiger partial charge >= 0.3 is 0 Å². The molecule has 0 N–H and O–H groups in total. The zero-order chi connectivity index (χ0) is 29.5. The average molecular weight is 666 g/mol. The molecule has 5 nitrogen and oxygen atoms in total. The number of methoxy groups -OCH3 is 1. The van der Waals surface area contributed by atoms with E-state index in [1.807, 2.05) is 12.1 Å². The van der Waals surface area contributed by atoms with Gasteiger partial charge in [-0.2, -0.15) is 0 Å². The highest BCUT2D eigenvalue weighted by Crippen LogP contribution is 2.55. The Labute approximate surface area is 257 Å². The first kappa shape index (κ1) is 29.6. The van der Waals surface area contributed by atoms with Crippen molar-refractivity contribution in [2.24, 2.45) is 10.8 Å². The molecular formula is C35H40INO4. The van der Waals surface area contributed by atoms with Crippen molar-refractivity contribution in [1.82, 2.24) is 4.90 Å². The van der Waals surface area contributed by atoms with Crippen LogP contribution in [0.2, 0.25) is 0 Å². The zero-order valence-corrected chi connectivity index (χ0v) is 27.0. The van der Waals surface area contributed by atoms with Crippen LogP contribution in [0.3, 0.4) is 0 Å². The molecule has 1 aliphatic heterocycles. The molecule has 1 heterocycles. The number of benzene rings is 2. The Morgan fingerprint density at radius 2 is 1.54 bits per heavy atom. The maximum atomic E-state index is 14.1. The van der Waals surface area contributed by atoms with Crippen LogP contribution in [-0.2, 0) is 16.0 Å². The van der Waals surface area contributed by atoms with Gasteiger partial charge < -0.3 is 14.4 Å². The summed E-state index contributed by atoms with van der Waals surface area (Å²) < 4.78 is 12.6. The Kier molecular flexibility index (Phi) is 8.25. The van der Waals surface area contributed by atoms with E-state index in [4.69, 9.17) is 9.47 Å². The van der Waals surface area contributed by atoms with Crippen molar-refractivity contribution < 1.29 is 19.1 Å². The summed E-state index contributed by atoms with van der Waals surface area (Å²) in [5, 5.41) is 0. The van der Waals surface area contributed by atoms with E-state index in [1.165, 1.54) is 5.56 Å². The second kappa shape index (κ2) is 11.4. The molecule has 0 fully saturated rings. The summed E-state index contributed by atoms with van der Waals surface area (Å²) in [6.07, 6.45) is 5.05. The van der Waals surface area contributed by atoms with Crippen LogP contribution in [-0.4, -0.2) is 36.7 Å². The number of ether oxygens (including phenoxy) is 2. The number of carbonyl (C=O) groups excluding carboxylic acids is 2. The first-order chi connectivity index (χ1) is 19.4. The van der Waals surface area contributed by atoms with E-state index in [2.05, 4.69) is 92.1 Å². The highest BCUT2D eigenvalue weighted by Gasteiger charge is 2.49. The maximum Gasteiger partial charge on any atom is 0.174 e. The van der Waals surface area contributed by atoms with E-state index in [0.29, 0.717) is 30.9 Å². The molecule has 0 radical (unpaired) electrons. The van der Waals surface area contributed by atoms with E-state index in [1.54, 1.807) is 13.2 Å². The van der Waals surface area contributed by atoms with Crippen LogP contribution in [0.5, 0.6) is 11.5 Å². The van der Waals surface area contributed by atoms with Gasteiger partial charge in [0.2, 0.25) is 0 Å². The number of allylic oxidation sites excluding steroid dienone is 4. The summed E-state index contributed by atoms with van der Waals surface area (Å²) in [6.45, 7) is 13.6. The number of Topliss-reactive ketones (excluding diaryl/α,β-unsaturated/α-hetero) is 2. The number of ketones is 2.